The van der Waals surface area contributed by atoms with E-state index in [1.807, 2.05) is 12.3 Å². The Kier molecular flexibility index (Phi) is 11.3. The summed E-state index contributed by atoms with van der Waals surface area (Å²) in [6, 6.07) is 28.7. The maximum Gasteiger partial charge on any atom is 2.00 e. The van der Waals surface area contributed by atoms with Crippen molar-refractivity contribution in [3.8, 4) is 23.0 Å². The van der Waals surface area contributed by atoms with Crippen LogP contribution >= 0.6 is 0 Å². The van der Waals surface area contributed by atoms with Gasteiger partial charge < -0.3 is 9.30 Å². The number of rotatable bonds is 8. The number of fused-ring (bicyclic) bond motifs is 3. The molecule has 1 unspecified atom stereocenters. The Morgan fingerprint density at radius 3 is 2.31 bits per heavy atom. The molecule has 3 heterocycles. The molecule has 0 radical (unpaired) electrons. The molecule has 0 N–H and O–H groups in total. The first-order valence-electron chi connectivity index (χ1n) is 19.5. The summed E-state index contributed by atoms with van der Waals surface area (Å²) in [5, 5.41) is 7.56. The quantitative estimate of drug-likeness (QED) is 0.113. The molecule has 3 aromatic carbocycles. The molecule has 0 saturated carbocycles. The third-order valence-electron chi connectivity index (χ3n) is 11.2. The minimum Gasteiger partial charge on any atom is -0.509 e. The summed E-state index contributed by atoms with van der Waals surface area (Å²) in [6.45, 7) is 25.0. The van der Waals surface area contributed by atoms with E-state index in [0.29, 0.717) is 29.3 Å². The Labute approximate surface area is 337 Å². The molecule has 6 heteroatoms. The molecule has 284 valence electrons. The molecule has 1 aliphatic rings. The number of aromatic nitrogens is 4. The third kappa shape index (κ3) is 7.76. The van der Waals surface area contributed by atoms with Crippen molar-refractivity contribution in [3.63, 3.8) is 0 Å². The molecule has 0 fully saturated rings. The van der Waals surface area contributed by atoms with Crippen LogP contribution in [-0.4, -0.2) is 19.3 Å². The Bertz CT molecular complexity index is 2330. The predicted molar refractivity (Wildman–Crippen MR) is 220 cm³/mol. The van der Waals surface area contributed by atoms with Gasteiger partial charge in [0.2, 0.25) is 0 Å². The molecule has 5 nitrogen and oxygen atoms in total. The summed E-state index contributed by atoms with van der Waals surface area (Å²) in [5.74, 6) is 3.71. The molecule has 2 atom stereocenters. The van der Waals surface area contributed by atoms with E-state index in [2.05, 4.69) is 158 Å². The summed E-state index contributed by atoms with van der Waals surface area (Å²) < 4.78 is 11.2. The fourth-order valence-corrected chi connectivity index (χ4v) is 8.11. The van der Waals surface area contributed by atoms with Crippen molar-refractivity contribution in [1.29, 1.82) is 0 Å². The first kappa shape index (κ1) is 39.7. The number of hydrogen-bond acceptors (Lipinski definition) is 3. The predicted octanol–water partition coefficient (Wildman–Crippen LogP) is 12.7. The molecule has 0 saturated heterocycles. The average Bonchev–Trinajstić information content (AvgIpc) is 3.60. The molecule has 1 aliphatic carbocycles. The summed E-state index contributed by atoms with van der Waals surface area (Å²) in [5.41, 5.74) is 10.5. The van der Waals surface area contributed by atoms with E-state index in [1.54, 1.807) is 0 Å². The van der Waals surface area contributed by atoms with Gasteiger partial charge in [-0.3, -0.25) is 4.68 Å². The maximum atomic E-state index is 6.78. The third-order valence-corrected chi connectivity index (χ3v) is 11.2. The first-order valence-corrected chi connectivity index (χ1v) is 19.5. The Hall–Kier alpha value is -3.95. The van der Waals surface area contributed by atoms with Crippen molar-refractivity contribution >= 4 is 21.8 Å². The normalized spacial score (nSPS) is 16.6. The van der Waals surface area contributed by atoms with Gasteiger partial charge in [-0.2, -0.15) is 11.2 Å². The number of hydrogen-bond donors (Lipinski definition) is 0. The Morgan fingerprint density at radius 2 is 1.61 bits per heavy atom. The van der Waals surface area contributed by atoms with Crippen molar-refractivity contribution in [2.75, 3.05) is 0 Å². The van der Waals surface area contributed by atoms with Crippen molar-refractivity contribution < 1.29 is 25.8 Å². The van der Waals surface area contributed by atoms with Gasteiger partial charge in [-0.05, 0) is 97.0 Å². The minimum absolute atomic E-state index is 0. The van der Waals surface area contributed by atoms with Gasteiger partial charge in [0.05, 0.1) is 5.69 Å². The van der Waals surface area contributed by atoms with Gasteiger partial charge in [0, 0.05) is 40.4 Å². The molecule has 3 aromatic heterocycles. The van der Waals surface area contributed by atoms with Gasteiger partial charge in [-0.1, -0.05) is 97.7 Å². The number of pyridine rings is 1. The van der Waals surface area contributed by atoms with E-state index < -0.39 is 0 Å². The second-order valence-corrected chi connectivity index (χ2v) is 17.8. The van der Waals surface area contributed by atoms with Crippen LogP contribution in [-0.2, 0) is 38.3 Å². The topological polar surface area (TPSA) is 44.9 Å². The zero-order valence-corrected chi connectivity index (χ0v) is 36.3. The van der Waals surface area contributed by atoms with E-state index >= 15 is 0 Å². The van der Waals surface area contributed by atoms with Crippen molar-refractivity contribution in [3.05, 3.63) is 119 Å². The van der Waals surface area contributed by atoms with Crippen molar-refractivity contribution in [2.24, 2.45) is 11.8 Å². The molecule has 0 aliphatic heterocycles. The number of aryl methyl sites for hydroxylation is 1. The van der Waals surface area contributed by atoms with E-state index in [0.717, 1.165) is 58.3 Å². The van der Waals surface area contributed by atoms with Gasteiger partial charge in [0.1, 0.15) is 5.82 Å². The fraction of sp³-hybridized carbons (Fsp3) is 0.417. The van der Waals surface area contributed by atoms with Gasteiger partial charge in [-0.15, -0.1) is 41.3 Å². The smallest absolute Gasteiger partial charge is 0.509 e. The number of ether oxygens (including phenoxy) is 1. The summed E-state index contributed by atoms with van der Waals surface area (Å²) >= 11 is 0. The maximum absolute atomic E-state index is 6.78. The molecule has 7 rings (SSSR count). The monoisotopic (exact) mass is 899 g/mol. The first-order chi connectivity index (χ1) is 25.1. The van der Waals surface area contributed by atoms with E-state index in [4.69, 9.17) is 14.8 Å². The molecule has 6 aromatic rings. The van der Waals surface area contributed by atoms with Crippen molar-refractivity contribution in [2.45, 2.75) is 119 Å². The Balaban J connectivity index is 0.00000497. The van der Waals surface area contributed by atoms with Gasteiger partial charge in [-0.25, -0.2) is 4.98 Å². The molecule has 0 spiro atoms. The second-order valence-electron chi connectivity index (χ2n) is 17.8. The SMILES string of the molecule is CC1=CCC[C@H](C)C1c1c(C)nn(-c2[c-]c(Oc3[c-]c4c(cc3)c3ccccc3n4-c3cc(C(C)(C)C)ccn3)cc(C(C)(C)C)c2)c1CCC(C)C.[Pt+2]. The van der Waals surface area contributed by atoms with E-state index in [1.165, 1.54) is 34.4 Å². The van der Waals surface area contributed by atoms with Crippen LogP contribution in [0.5, 0.6) is 11.5 Å². The largest absolute Gasteiger partial charge is 2.00 e. The summed E-state index contributed by atoms with van der Waals surface area (Å²) in [7, 11) is 0. The zero-order chi connectivity index (χ0) is 37.8. The number of allylic oxidation sites excluding steroid dienone is 2. The number of benzene rings is 3. The standard InChI is InChI=1S/C48H56N4O.Pt/c1-30(2)19-22-42-46(45-31(3)15-14-16-32(45)4)33(5)50-52(42)36-25-35(48(9,10)11)26-38(28-36)53-37-20-21-40-39-17-12-13-18-41(39)51(43(40)29-37)44-27-34(23-24-49-44)47(6,7)8;/h12-13,15,17-18,20-21,23-27,30,32,45H,14,16,19,22H2,1-11H3;/q-2;+2/t32-,45?;/m0./s1. The van der Waals surface area contributed by atoms with Crippen LogP contribution in [0.4, 0.5) is 0 Å². The second kappa shape index (κ2) is 15.3. The molecule has 0 bridgehead atoms. The van der Waals surface area contributed by atoms with Crippen LogP contribution in [0.2, 0.25) is 0 Å². The Morgan fingerprint density at radius 1 is 0.870 bits per heavy atom. The van der Waals surface area contributed by atoms with Crippen molar-refractivity contribution in [1.82, 2.24) is 19.3 Å². The van der Waals surface area contributed by atoms with Crippen LogP contribution in [0.25, 0.3) is 33.3 Å². The average molecular weight is 900 g/mol. The number of nitrogens with zero attached hydrogens (tertiary/aromatic N) is 4. The fourth-order valence-electron chi connectivity index (χ4n) is 8.11. The number of para-hydroxylation sites is 1. The van der Waals surface area contributed by atoms with Crippen LogP contribution in [0.3, 0.4) is 0 Å². The molecule has 54 heavy (non-hydrogen) atoms. The van der Waals surface area contributed by atoms with Gasteiger partial charge in [0.15, 0.2) is 0 Å². The van der Waals surface area contributed by atoms with Crippen LogP contribution in [0.15, 0.2) is 78.5 Å². The molecular formula is C48H56N4OPt. The summed E-state index contributed by atoms with van der Waals surface area (Å²) in [4.78, 5) is 4.86. The van der Waals surface area contributed by atoms with E-state index in [9.17, 15) is 0 Å². The van der Waals surface area contributed by atoms with Crippen LogP contribution in [0.1, 0.15) is 122 Å². The van der Waals surface area contributed by atoms with E-state index in [-0.39, 0.29) is 31.9 Å². The van der Waals surface area contributed by atoms with Crippen LogP contribution < -0.4 is 4.74 Å². The van der Waals surface area contributed by atoms with Gasteiger partial charge >= 0.3 is 21.1 Å². The molecule has 0 amide bonds. The van der Waals surface area contributed by atoms with Gasteiger partial charge in [0.25, 0.3) is 0 Å². The zero-order valence-electron chi connectivity index (χ0n) is 34.0. The summed E-state index contributed by atoms with van der Waals surface area (Å²) in [6.07, 6.45) is 8.78. The van der Waals surface area contributed by atoms with Crippen LogP contribution in [0, 0.1) is 30.9 Å². The minimum atomic E-state index is -0.119. The molecular weight excluding hydrogens is 844 g/mol.